The molecule has 0 unspecified atom stereocenters. The number of hydrogen-bond donors (Lipinski definition) is 1. The highest BCUT2D eigenvalue weighted by Gasteiger charge is 2.15. The van der Waals surface area contributed by atoms with Gasteiger partial charge in [0.2, 0.25) is 0 Å². The summed E-state index contributed by atoms with van der Waals surface area (Å²) in [4.78, 5) is 28.5. The van der Waals surface area contributed by atoms with Crippen molar-refractivity contribution in [1.29, 1.82) is 0 Å². The van der Waals surface area contributed by atoms with Crippen LogP contribution in [-0.2, 0) is 4.74 Å². The Labute approximate surface area is 157 Å². The second-order valence-corrected chi connectivity index (χ2v) is 6.87. The van der Waals surface area contributed by atoms with Crippen LogP contribution in [0.15, 0.2) is 36.4 Å². The molecular weight excluding hydrogens is 383 g/mol. The number of fused-ring (bicyclic) bond motifs is 1. The Morgan fingerprint density at radius 3 is 2.76 bits per heavy atom. The van der Waals surface area contributed by atoms with E-state index in [1.54, 1.807) is 37.3 Å². The molecule has 128 valence electrons. The minimum absolute atomic E-state index is 0.264. The molecule has 1 N–H and O–H groups in total. The van der Waals surface area contributed by atoms with Crippen LogP contribution in [0.5, 0.6) is 0 Å². The molecule has 3 aromatic rings. The number of rotatable bonds is 4. The van der Waals surface area contributed by atoms with Crippen molar-refractivity contribution in [2.24, 2.45) is 0 Å². The number of carbonyl (C=O) groups excluding carboxylic acids is 2. The van der Waals surface area contributed by atoms with Crippen molar-refractivity contribution in [1.82, 2.24) is 4.98 Å². The molecule has 1 aromatic heterocycles. The smallest absolute Gasteiger partial charge is 0.338 e. The molecule has 0 saturated carbocycles. The van der Waals surface area contributed by atoms with E-state index in [1.165, 1.54) is 17.4 Å². The summed E-state index contributed by atoms with van der Waals surface area (Å²) in [6, 6.07) is 9.69. The van der Waals surface area contributed by atoms with Crippen LogP contribution in [0, 0.1) is 0 Å². The second-order valence-electron chi connectivity index (χ2n) is 5.00. The molecular formula is C17H12Cl2N2O3S. The second kappa shape index (κ2) is 7.39. The van der Waals surface area contributed by atoms with E-state index < -0.39 is 11.9 Å². The number of benzene rings is 2. The lowest BCUT2D eigenvalue weighted by Gasteiger charge is -2.04. The summed E-state index contributed by atoms with van der Waals surface area (Å²) in [7, 11) is 0. The summed E-state index contributed by atoms with van der Waals surface area (Å²) < 4.78 is 5.74. The molecule has 0 aliphatic carbocycles. The van der Waals surface area contributed by atoms with Gasteiger partial charge >= 0.3 is 5.97 Å². The predicted octanol–water partition coefficient (Wildman–Crippen LogP) is 5.03. The van der Waals surface area contributed by atoms with Gasteiger partial charge in [0.25, 0.3) is 5.91 Å². The zero-order chi connectivity index (χ0) is 18.0. The minimum Gasteiger partial charge on any atom is -0.462 e. The van der Waals surface area contributed by atoms with Gasteiger partial charge in [0.15, 0.2) is 5.13 Å². The molecule has 1 amide bonds. The van der Waals surface area contributed by atoms with E-state index >= 15 is 0 Å². The number of amides is 1. The number of thiazole rings is 1. The van der Waals surface area contributed by atoms with Gasteiger partial charge in [-0.05, 0) is 43.3 Å². The van der Waals surface area contributed by atoms with Crippen molar-refractivity contribution in [3.8, 4) is 0 Å². The third-order valence-electron chi connectivity index (χ3n) is 3.29. The SMILES string of the molecule is CCOC(=O)c1ccc2nc(NC(=O)c3cc(Cl)ccc3Cl)sc2c1. The van der Waals surface area contributed by atoms with Crippen molar-refractivity contribution >= 4 is 61.8 Å². The highest BCUT2D eigenvalue weighted by molar-refractivity contribution is 7.22. The summed E-state index contributed by atoms with van der Waals surface area (Å²) in [6.45, 7) is 2.05. The zero-order valence-electron chi connectivity index (χ0n) is 13.0. The first kappa shape index (κ1) is 17.7. The van der Waals surface area contributed by atoms with Crippen LogP contribution in [0.25, 0.3) is 10.2 Å². The van der Waals surface area contributed by atoms with Crippen molar-refractivity contribution in [2.45, 2.75) is 6.92 Å². The number of hydrogen-bond acceptors (Lipinski definition) is 5. The Bertz CT molecular complexity index is 972. The Kier molecular flexibility index (Phi) is 5.22. The molecule has 2 aromatic carbocycles. The van der Waals surface area contributed by atoms with E-state index in [1.807, 2.05) is 0 Å². The van der Waals surface area contributed by atoms with Gasteiger partial charge < -0.3 is 4.74 Å². The molecule has 5 nitrogen and oxygen atoms in total. The zero-order valence-corrected chi connectivity index (χ0v) is 15.3. The molecule has 0 spiro atoms. The molecule has 0 fully saturated rings. The van der Waals surface area contributed by atoms with Gasteiger partial charge in [0.1, 0.15) is 0 Å². The quantitative estimate of drug-likeness (QED) is 0.629. The molecule has 1 heterocycles. The van der Waals surface area contributed by atoms with Crippen LogP contribution in [-0.4, -0.2) is 23.5 Å². The summed E-state index contributed by atoms with van der Waals surface area (Å²) in [5, 5.41) is 3.81. The Hall–Kier alpha value is -2.15. The van der Waals surface area contributed by atoms with E-state index in [-0.39, 0.29) is 5.56 Å². The maximum absolute atomic E-state index is 12.4. The van der Waals surface area contributed by atoms with Crippen LogP contribution in [0.4, 0.5) is 5.13 Å². The third kappa shape index (κ3) is 3.92. The molecule has 0 aliphatic heterocycles. The van der Waals surface area contributed by atoms with Gasteiger partial charge in [-0.2, -0.15) is 0 Å². The molecule has 0 saturated heterocycles. The first-order valence-corrected chi connectivity index (χ1v) is 8.89. The van der Waals surface area contributed by atoms with Crippen LogP contribution in [0.3, 0.4) is 0 Å². The molecule has 0 atom stereocenters. The topological polar surface area (TPSA) is 68.3 Å². The number of aromatic nitrogens is 1. The maximum atomic E-state index is 12.4. The normalized spacial score (nSPS) is 10.7. The van der Waals surface area contributed by atoms with E-state index in [2.05, 4.69) is 10.3 Å². The number of ether oxygens (including phenoxy) is 1. The monoisotopic (exact) mass is 394 g/mol. The highest BCUT2D eigenvalue weighted by Crippen LogP contribution is 2.28. The fraction of sp³-hybridized carbons (Fsp3) is 0.118. The van der Waals surface area contributed by atoms with Gasteiger partial charge in [-0.1, -0.05) is 34.5 Å². The van der Waals surface area contributed by atoms with Crippen molar-refractivity contribution < 1.29 is 14.3 Å². The number of nitrogens with zero attached hydrogens (tertiary/aromatic N) is 1. The summed E-state index contributed by atoms with van der Waals surface area (Å²) >= 11 is 13.2. The fourth-order valence-corrected chi connectivity index (χ4v) is 3.43. The molecule has 25 heavy (non-hydrogen) atoms. The summed E-state index contributed by atoms with van der Waals surface area (Å²) in [5.41, 5.74) is 1.37. The standard InChI is InChI=1S/C17H12Cl2N2O3S/c1-2-24-16(23)9-3-6-13-14(7-9)25-17(20-13)21-15(22)11-8-10(18)4-5-12(11)19/h3-8H,2H2,1H3,(H,20,21,22). The molecule has 8 heteroatoms. The highest BCUT2D eigenvalue weighted by atomic mass is 35.5. The molecule has 0 bridgehead atoms. The number of esters is 1. The van der Waals surface area contributed by atoms with Crippen LogP contribution < -0.4 is 5.32 Å². The van der Waals surface area contributed by atoms with E-state index in [0.717, 1.165) is 4.70 Å². The van der Waals surface area contributed by atoms with Crippen molar-refractivity contribution in [3.05, 3.63) is 57.6 Å². The Morgan fingerprint density at radius 2 is 2.00 bits per heavy atom. The van der Waals surface area contributed by atoms with Crippen LogP contribution >= 0.6 is 34.5 Å². The molecule has 3 rings (SSSR count). The van der Waals surface area contributed by atoms with Gasteiger partial charge in [-0.15, -0.1) is 0 Å². The van der Waals surface area contributed by atoms with Gasteiger partial charge in [-0.3, -0.25) is 10.1 Å². The summed E-state index contributed by atoms with van der Waals surface area (Å²) in [6.07, 6.45) is 0. The average Bonchev–Trinajstić information content (AvgIpc) is 2.98. The number of anilines is 1. The van der Waals surface area contributed by atoms with E-state index in [0.29, 0.717) is 32.9 Å². The lowest BCUT2D eigenvalue weighted by molar-refractivity contribution is 0.0526. The Morgan fingerprint density at radius 1 is 1.20 bits per heavy atom. The lowest BCUT2D eigenvalue weighted by atomic mass is 10.2. The number of nitrogens with one attached hydrogen (secondary N) is 1. The molecule has 0 radical (unpaired) electrons. The Balaban J connectivity index is 1.85. The van der Waals surface area contributed by atoms with Crippen molar-refractivity contribution in [3.63, 3.8) is 0 Å². The fourth-order valence-electron chi connectivity index (χ4n) is 2.16. The van der Waals surface area contributed by atoms with E-state index in [4.69, 9.17) is 27.9 Å². The first-order valence-electron chi connectivity index (χ1n) is 7.32. The lowest BCUT2D eigenvalue weighted by Crippen LogP contribution is -2.12. The number of halogens is 2. The van der Waals surface area contributed by atoms with Crippen LogP contribution in [0.1, 0.15) is 27.6 Å². The third-order valence-corrected chi connectivity index (χ3v) is 4.79. The predicted molar refractivity (Wildman–Crippen MR) is 100.0 cm³/mol. The minimum atomic E-state index is -0.405. The molecule has 0 aliphatic rings. The largest absolute Gasteiger partial charge is 0.462 e. The van der Waals surface area contributed by atoms with Crippen molar-refractivity contribution in [2.75, 3.05) is 11.9 Å². The first-order chi connectivity index (χ1) is 12.0. The van der Waals surface area contributed by atoms with Gasteiger partial charge in [0, 0.05) is 5.02 Å². The summed E-state index contributed by atoms with van der Waals surface area (Å²) in [5.74, 6) is -0.800. The average molecular weight is 395 g/mol. The van der Waals surface area contributed by atoms with Gasteiger partial charge in [0.05, 0.1) is 33.0 Å². The van der Waals surface area contributed by atoms with E-state index in [9.17, 15) is 9.59 Å². The maximum Gasteiger partial charge on any atom is 0.338 e. The number of carbonyl (C=O) groups is 2. The van der Waals surface area contributed by atoms with Crippen LogP contribution in [0.2, 0.25) is 10.0 Å². The van der Waals surface area contributed by atoms with Gasteiger partial charge in [-0.25, -0.2) is 9.78 Å².